The topological polar surface area (TPSA) is 129 Å². The molecule has 29 heavy (non-hydrogen) atoms. The fraction of sp³-hybridized carbons (Fsp3) is 1.00. The summed E-state index contributed by atoms with van der Waals surface area (Å²) in [5.74, 6) is 0. The Bertz CT molecular complexity index is 246. The summed E-state index contributed by atoms with van der Waals surface area (Å²) in [6.45, 7) is 13.4. The third-order valence-corrected chi connectivity index (χ3v) is 3.60. The van der Waals surface area contributed by atoms with Crippen LogP contribution in [-0.2, 0) is 44.8 Å². The van der Waals surface area contributed by atoms with E-state index in [9.17, 15) is 20.4 Å². The van der Waals surface area contributed by atoms with Gasteiger partial charge in [0.15, 0.2) is 0 Å². The van der Waals surface area contributed by atoms with E-state index in [0.29, 0.717) is 0 Å². The second kappa shape index (κ2) is 20.5. The second-order valence-electron chi connectivity index (χ2n) is 8.43. The average Bonchev–Trinajstić information content (AvgIpc) is 2.69. The molecular formula is C20H44HfO8. The van der Waals surface area contributed by atoms with Gasteiger partial charge >= 0.3 is 25.8 Å². The van der Waals surface area contributed by atoms with Crippen LogP contribution in [0.1, 0.15) is 55.4 Å². The van der Waals surface area contributed by atoms with Crippen molar-refractivity contribution in [1.82, 2.24) is 0 Å². The van der Waals surface area contributed by atoms with Gasteiger partial charge in [-0.2, -0.15) is 0 Å². The first-order chi connectivity index (χ1) is 12.5. The Labute approximate surface area is 197 Å². The van der Waals surface area contributed by atoms with Crippen molar-refractivity contribution in [3.63, 3.8) is 0 Å². The summed E-state index contributed by atoms with van der Waals surface area (Å²) in [6, 6.07) is 0. The first-order valence-electron chi connectivity index (χ1n) is 9.02. The third kappa shape index (κ3) is 33.4. The number of hydrogen-bond acceptors (Lipinski definition) is 8. The van der Waals surface area contributed by atoms with E-state index in [-0.39, 0.29) is 52.3 Å². The number of hydrogen-bond donors (Lipinski definition) is 0. The maximum atomic E-state index is 10.1. The minimum atomic E-state index is -0.472. The van der Waals surface area contributed by atoms with Gasteiger partial charge in [-0.1, -0.05) is 0 Å². The predicted octanol–water partition coefficient (Wildman–Crippen LogP) is -0.916. The van der Waals surface area contributed by atoms with E-state index in [1.807, 2.05) is 0 Å². The first kappa shape index (κ1) is 40.0. The standard InChI is InChI=1S/4C5H11O2.Hf/c4*1-5(2,4-6)7-3;/h4*4H2,1-3H3;/q4*-1;+4. The van der Waals surface area contributed by atoms with Crippen molar-refractivity contribution in [1.29, 1.82) is 0 Å². The second-order valence-corrected chi connectivity index (χ2v) is 8.43. The molecule has 0 bridgehead atoms. The molecule has 0 heterocycles. The van der Waals surface area contributed by atoms with Crippen LogP contribution in [0.4, 0.5) is 0 Å². The predicted molar refractivity (Wildman–Crippen MR) is 104 cm³/mol. The van der Waals surface area contributed by atoms with E-state index >= 15 is 0 Å². The van der Waals surface area contributed by atoms with E-state index in [4.69, 9.17) is 18.9 Å². The van der Waals surface area contributed by atoms with Crippen LogP contribution < -0.4 is 20.4 Å². The summed E-state index contributed by atoms with van der Waals surface area (Å²) >= 11 is 0. The normalized spacial score (nSPS) is 11.6. The van der Waals surface area contributed by atoms with Crippen molar-refractivity contribution < 1.29 is 65.2 Å². The Morgan fingerprint density at radius 1 is 0.414 bits per heavy atom. The number of methoxy groups -OCH3 is 4. The maximum absolute atomic E-state index is 10.1. The van der Waals surface area contributed by atoms with Crippen molar-refractivity contribution in [2.24, 2.45) is 0 Å². The Kier molecular flexibility index (Phi) is 28.2. The summed E-state index contributed by atoms with van der Waals surface area (Å²) < 4.78 is 19.1. The van der Waals surface area contributed by atoms with Crippen molar-refractivity contribution in [3.05, 3.63) is 0 Å². The molecule has 0 amide bonds. The van der Waals surface area contributed by atoms with Gasteiger partial charge in [0.1, 0.15) is 0 Å². The summed E-state index contributed by atoms with van der Waals surface area (Å²) in [4.78, 5) is 0. The smallest absolute Gasteiger partial charge is 0.852 e. The Morgan fingerprint density at radius 3 is 0.517 bits per heavy atom. The van der Waals surface area contributed by atoms with E-state index in [1.165, 1.54) is 28.4 Å². The molecule has 0 atom stereocenters. The molecule has 0 aromatic carbocycles. The van der Waals surface area contributed by atoms with Crippen LogP contribution in [0.2, 0.25) is 0 Å². The number of rotatable bonds is 8. The summed E-state index contributed by atoms with van der Waals surface area (Å²) in [7, 11) is 6.16. The zero-order valence-corrected chi connectivity index (χ0v) is 24.2. The van der Waals surface area contributed by atoms with Crippen LogP contribution in [-0.4, -0.2) is 77.3 Å². The van der Waals surface area contributed by atoms with Crippen LogP contribution in [0.3, 0.4) is 0 Å². The molecule has 0 N–H and O–H groups in total. The Balaban J connectivity index is -0.0000000873. The Hall–Kier alpha value is 0.550. The van der Waals surface area contributed by atoms with Crippen LogP contribution in [0.15, 0.2) is 0 Å². The molecule has 0 fully saturated rings. The molecule has 0 spiro atoms. The molecular weight excluding hydrogens is 547 g/mol. The van der Waals surface area contributed by atoms with Crippen LogP contribution in [0, 0.1) is 0 Å². The van der Waals surface area contributed by atoms with Crippen LogP contribution in [0.5, 0.6) is 0 Å². The summed E-state index contributed by atoms with van der Waals surface area (Å²) in [6.07, 6.45) is 0. The van der Waals surface area contributed by atoms with E-state index in [2.05, 4.69) is 0 Å². The van der Waals surface area contributed by atoms with Crippen LogP contribution in [0.25, 0.3) is 0 Å². The Morgan fingerprint density at radius 2 is 0.517 bits per heavy atom. The number of ether oxygens (including phenoxy) is 4. The zero-order chi connectivity index (χ0) is 23.7. The molecule has 0 aliphatic heterocycles. The fourth-order valence-electron chi connectivity index (χ4n) is 0.236. The van der Waals surface area contributed by atoms with Crippen molar-refractivity contribution in [3.8, 4) is 0 Å². The molecule has 0 saturated carbocycles. The molecule has 0 rings (SSSR count). The molecule has 176 valence electrons. The van der Waals surface area contributed by atoms with Crippen molar-refractivity contribution in [2.75, 3.05) is 54.9 Å². The molecule has 8 nitrogen and oxygen atoms in total. The van der Waals surface area contributed by atoms with Gasteiger partial charge in [0.25, 0.3) is 0 Å². The largest absolute Gasteiger partial charge is 4.00 e. The van der Waals surface area contributed by atoms with Gasteiger partial charge in [-0.3, -0.25) is 0 Å². The molecule has 0 aromatic rings. The zero-order valence-electron chi connectivity index (χ0n) is 20.6. The molecule has 0 radical (unpaired) electrons. The minimum Gasteiger partial charge on any atom is -0.852 e. The quantitative estimate of drug-likeness (QED) is 0.332. The van der Waals surface area contributed by atoms with Gasteiger partial charge in [0.2, 0.25) is 0 Å². The van der Waals surface area contributed by atoms with Crippen molar-refractivity contribution >= 4 is 0 Å². The monoisotopic (exact) mass is 592 g/mol. The molecule has 0 saturated heterocycles. The first-order valence-corrected chi connectivity index (χ1v) is 9.02. The van der Waals surface area contributed by atoms with Crippen LogP contribution >= 0.6 is 0 Å². The van der Waals surface area contributed by atoms with Gasteiger partial charge in [-0.25, -0.2) is 0 Å². The minimum absolute atomic E-state index is 0. The molecule has 0 aromatic heterocycles. The van der Waals surface area contributed by atoms with Gasteiger partial charge in [0, 0.05) is 50.8 Å². The van der Waals surface area contributed by atoms with Crippen molar-refractivity contribution in [2.45, 2.75) is 77.8 Å². The summed E-state index contributed by atoms with van der Waals surface area (Å²) in [5, 5.41) is 40.2. The van der Waals surface area contributed by atoms with Gasteiger partial charge in [-0.15, -0.1) is 26.4 Å². The average molecular weight is 591 g/mol. The third-order valence-electron chi connectivity index (χ3n) is 3.60. The van der Waals surface area contributed by atoms with Gasteiger partial charge < -0.3 is 39.4 Å². The molecule has 0 aliphatic rings. The van der Waals surface area contributed by atoms with E-state index < -0.39 is 22.4 Å². The van der Waals surface area contributed by atoms with Gasteiger partial charge in [-0.05, 0) is 55.4 Å². The molecule has 9 heteroatoms. The fourth-order valence-corrected chi connectivity index (χ4v) is 0.236. The van der Waals surface area contributed by atoms with E-state index in [0.717, 1.165) is 0 Å². The van der Waals surface area contributed by atoms with Gasteiger partial charge in [0.05, 0.1) is 0 Å². The maximum Gasteiger partial charge on any atom is 4.00 e. The molecule has 0 unspecified atom stereocenters. The molecule has 0 aliphatic carbocycles. The SMILES string of the molecule is COC(C)(C)C[O-].COC(C)(C)C[O-].COC(C)(C)C[O-].COC(C)(C)C[O-].[Hf+4]. The summed E-state index contributed by atoms with van der Waals surface area (Å²) in [5.41, 5.74) is -1.89. The van der Waals surface area contributed by atoms with E-state index in [1.54, 1.807) is 55.4 Å².